The molecule has 0 aromatic rings. The molecule has 0 fully saturated rings. The third-order valence-electron chi connectivity index (χ3n) is 3.24. The largest absolute Gasteiger partial charge is 0.409 e. The molecule has 2 atom stereocenters. The van der Waals surface area contributed by atoms with Crippen LogP contribution in [-0.2, 0) is 4.79 Å². The lowest BCUT2D eigenvalue weighted by atomic mass is 9.84. The Morgan fingerprint density at radius 1 is 1.65 bits per heavy atom. The summed E-state index contributed by atoms with van der Waals surface area (Å²) in [5.74, 6) is 0.711. The number of thioether (sulfide) groups is 1. The lowest BCUT2D eigenvalue weighted by Crippen LogP contribution is -2.51. The normalized spacial score (nSPS) is 17.4. The molecule has 0 aromatic heterocycles. The highest BCUT2D eigenvalue weighted by atomic mass is 32.2. The molecule has 6 heteroatoms. The van der Waals surface area contributed by atoms with Crippen LogP contribution in [0.25, 0.3) is 0 Å². The molecule has 0 rings (SSSR count). The van der Waals surface area contributed by atoms with Crippen molar-refractivity contribution < 1.29 is 10.0 Å². The summed E-state index contributed by atoms with van der Waals surface area (Å²) in [5, 5.41) is 11.7. The van der Waals surface area contributed by atoms with Crippen molar-refractivity contribution in [1.82, 2.24) is 4.90 Å². The van der Waals surface area contributed by atoms with Crippen molar-refractivity contribution in [1.29, 1.82) is 0 Å². The SMILES string of the molecule is CCC(C)(C(=O)N(C)C(C)CSC)C(N)=NO. The van der Waals surface area contributed by atoms with Crippen LogP contribution in [-0.4, -0.2) is 46.9 Å². The summed E-state index contributed by atoms with van der Waals surface area (Å²) in [6.07, 6.45) is 2.50. The van der Waals surface area contributed by atoms with Gasteiger partial charge in [-0.1, -0.05) is 12.1 Å². The molecule has 0 saturated heterocycles. The summed E-state index contributed by atoms with van der Waals surface area (Å²) in [6, 6.07) is 0.120. The second-order valence-corrected chi connectivity index (χ2v) is 5.30. The van der Waals surface area contributed by atoms with Crippen LogP contribution < -0.4 is 5.73 Å². The fraction of sp³-hybridized carbons (Fsp3) is 0.818. The van der Waals surface area contributed by atoms with E-state index in [0.29, 0.717) is 6.42 Å². The van der Waals surface area contributed by atoms with E-state index in [1.54, 1.807) is 30.6 Å². The minimum absolute atomic E-state index is 0.0341. The van der Waals surface area contributed by atoms with Gasteiger partial charge in [0.1, 0.15) is 5.41 Å². The van der Waals surface area contributed by atoms with Gasteiger partial charge in [0.15, 0.2) is 5.84 Å². The van der Waals surface area contributed by atoms with E-state index in [0.717, 1.165) is 5.75 Å². The van der Waals surface area contributed by atoms with Crippen LogP contribution in [0.5, 0.6) is 0 Å². The van der Waals surface area contributed by atoms with Crippen molar-refractivity contribution in [3.05, 3.63) is 0 Å². The Bertz CT molecular complexity index is 296. The number of oxime groups is 1. The quantitative estimate of drug-likeness (QED) is 0.327. The van der Waals surface area contributed by atoms with Crippen LogP contribution in [0, 0.1) is 5.41 Å². The standard InChI is InChI=1S/C11H23N3O2S/c1-6-11(3,9(12)13-16)10(15)14(4)8(2)7-17-5/h8,16H,6-7H2,1-5H3,(H2,12,13). The monoisotopic (exact) mass is 261 g/mol. The first-order valence-corrected chi connectivity index (χ1v) is 6.98. The fourth-order valence-corrected chi connectivity index (χ4v) is 2.20. The van der Waals surface area contributed by atoms with Crippen molar-refractivity contribution in [2.45, 2.75) is 33.2 Å². The molecule has 100 valence electrons. The van der Waals surface area contributed by atoms with E-state index in [1.807, 2.05) is 20.1 Å². The van der Waals surface area contributed by atoms with E-state index in [1.165, 1.54) is 0 Å². The van der Waals surface area contributed by atoms with Gasteiger partial charge in [-0.2, -0.15) is 11.8 Å². The number of nitrogens with two attached hydrogens (primary N) is 1. The van der Waals surface area contributed by atoms with Gasteiger partial charge in [-0.15, -0.1) is 0 Å². The summed E-state index contributed by atoms with van der Waals surface area (Å²) in [4.78, 5) is 14.0. The predicted octanol–water partition coefficient (Wildman–Crippen LogP) is 1.36. The van der Waals surface area contributed by atoms with Gasteiger partial charge >= 0.3 is 0 Å². The maximum Gasteiger partial charge on any atom is 0.236 e. The third-order valence-corrected chi connectivity index (χ3v) is 4.06. The molecule has 0 aromatic carbocycles. The molecule has 0 aliphatic heterocycles. The lowest BCUT2D eigenvalue weighted by Gasteiger charge is -2.33. The topological polar surface area (TPSA) is 78.9 Å². The predicted molar refractivity (Wildman–Crippen MR) is 72.4 cm³/mol. The van der Waals surface area contributed by atoms with E-state index in [9.17, 15) is 4.79 Å². The summed E-state index contributed by atoms with van der Waals surface area (Å²) in [6.45, 7) is 5.53. The first-order valence-electron chi connectivity index (χ1n) is 5.59. The maximum atomic E-state index is 12.4. The van der Waals surface area contributed by atoms with Gasteiger partial charge in [-0.05, 0) is 26.5 Å². The van der Waals surface area contributed by atoms with Crippen LogP contribution in [0.4, 0.5) is 0 Å². The zero-order chi connectivity index (χ0) is 13.6. The minimum Gasteiger partial charge on any atom is -0.409 e. The van der Waals surface area contributed by atoms with E-state index in [4.69, 9.17) is 10.9 Å². The number of carbonyl (C=O) groups excluding carboxylic acids is 1. The molecule has 0 heterocycles. The van der Waals surface area contributed by atoms with Gasteiger partial charge < -0.3 is 15.8 Å². The van der Waals surface area contributed by atoms with E-state index >= 15 is 0 Å². The minimum atomic E-state index is -0.934. The van der Waals surface area contributed by atoms with E-state index in [-0.39, 0.29) is 17.8 Å². The molecule has 17 heavy (non-hydrogen) atoms. The number of amides is 1. The molecule has 1 amide bonds. The number of amidine groups is 1. The number of carbonyl (C=O) groups is 1. The van der Waals surface area contributed by atoms with Crippen LogP contribution in [0.1, 0.15) is 27.2 Å². The molecule has 0 saturated carbocycles. The summed E-state index contributed by atoms with van der Waals surface area (Å²) < 4.78 is 0. The Hall–Kier alpha value is -0.910. The van der Waals surface area contributed by atoms with Crippen molar-refractivity contribution in [2.24, 2.45) is 16.3 Å². The molecular formula is C11H23N3O2S. The highest BCUT2D eigenvalue weighted by molar-refractivity contribution is 7.98. The van der Waals surface area contributed by atoms with Crippen LogP contribution in [0.2, 0.25) is 0 Å². The molecule has 3 N–H and O–H groups in total. The number of hydrogen-bond acceptors (Lipinski definition) is 4. The highest BCUT2D eigenvalue weighted by Crippen LogP contribution is 2.25. The van der Waals surface area contributed by atoms with Gasteiger partial charge in [0.05, 0.1) is 0 Å². The number of rotatable bonds is 6. The molecule has 0 aliphatic carbocycles. The van der Waals surface area contributed by atoms with E-state index < -0.39 is 5.41 Å². The number of nitrogens with zero attached hydrogens (tertiary/aromatic N) is 2. The summed E-state index contributed by atoms with van der Waals surface area (Å²) >= 11 is 1.68. The molecule has 0 radical (unpaired) electrons. The highest BCUT2D eigenvalue weighted by Gasteiger charge is 2.39. The molecular weight excluding hydrogens is 238 g/mol. The average Bonchev–Trinajstić information content (AvgIpc) is 2.35. The number of hydrogen-bond donors (Lipinski definition) is 2. The van der Waals surface area contributed by atoms with Crippen LogP contribution >= 0.6 is 11.8 Å². The molecule has 2 unspecified atom stereocenters. The first-order chi connectivity index (χ1) is 7.84. The van der Waals surface area contributed by atoms with Crippen molar-refractivity contribution in [3.63, 3.8) is 0 Å². The molecule has 5 nitrogen and oxygen atoms in total. The van der Waals surface area contributed by atoms with Crippen LogP contribution in [0.3, 0.4) is 0 Å². The van der Waals surface area contributed by atoms with Gasteiger partial charge in [-0.3, -0.25) is 4.79 Å². The smallest absolute Gasteiger partial charge is 0.236 e. The Morgan fingerprint density at radius 2 is 2.18 bits per heavy atom. The average molecular weight is 261 g/mol. The van der Waals surface area contributed by atoms with Crippen molar-refractivity contribution in [3.8, 4) is 0 Å². The lowest BCUT2D eigenvalue weighted by molar-refractivity contribution is -0.138. The third kappa shape index (κ3) is 3.52. The van der Waals surface area contributed by atoms with E-state index in [2.05, 4.69) is 5.16 Å². The molecule has 0 aliphatic rings. The Balaban J connectivity index is 4.99. The molecule has 0 bridgehead atoms. The van der Waals surface area contributed by atoms with Gasteiger partial charge in [0, 0.05) is 18.8 Å². The second kappa shape index (κ2) is 6.74. The van der Waals surface area contributed by atoms with Gasteiger partial charge in [0.2, 0.25) is 5.91 Å². The Morgan fingerprint density at radius 3 is 2.53 bits per heavy atom. The van der Waals surface area contributed by atoms with Crippen LogP contribution in [0.15, 0.2) is 5.16 Å². The van der Waals surface area contributed by atoms with Gasteiger partial charge in [-0.25, -0.2) is 0 Å². The zero-order valence-corrected chi connectivity index (χ0v) is 12.0. The van der Waals surface area contributed by atoms with Gasteiger partial charge in [0.25, 0.3) is 0 Å². The molecule has 0 spiro atoms. The first kappa shape index (κ1) is 16.1. The maximum absolute atomic E-state index is 12.4. The summed E-state index contributed by atoms with van der Waals surface area (Å²) in [7, 11) is 1.75. The summed E-state index contributed by atoms with van der Waals surface area (Å²) in [5.41, 5.74) is 4.69. The Labute approximate surface area is 107 Å². The zero-order valence-electron chi connectivity index (χ0n) is 11.2. The van der Waals surface area contributed by atoms with Crippen molar-refractivity contribution >= 4 is 23.5 Å². The fourth-order valence-electron chi connectivity index (χ4n) is 1.49. The van der Waals surface area contributed by atoms with Crippen molar-refractivity contribution in [2.75, 3.05) is 19.1 Å². The second-order valence-electron chi connectivity index (χ2n) is 4.39. The Kier molecular flexibility index (Phi) is 6.37.